The van der Waals surface area contributed by atoms with E-state index in [1.165, 1.54) is 6.07 Å². The van der Waals surface area contributed by atoms with E-state index in [0.717, 1.165) is 34.1 Å². The number of para-hydroxylation sites is 2. The van der Waals surface area contributed by atoms with Crippen LogP contribution in [0.4, 0.5) is 4.79 Å². The minimum Gasteiger partial charge on any atom is -0.474 e. The highest BCUT2D eigenvalue weighted by atomic mass is 16.6. The van der Waals surface area contributed by atoms with Crippen LogP contribution in [0, 0.1) is 0 Å². The predicted molar refractivity (Wildman–Crippen MR) is 179 cm³/mol. The first-order valence-electron chi connectivity index (χ1n) is 15.1. The van der Waals surface area contributed by atoms with Gasteiger partial charge in [-0.1, -0.05) is 36.4 Å². The van der Waals surface area contributed by atoms with E-state index in [4.69, 9.17) is 28.0 Å². The fraction of sp³-hybridized carbons (Fsp3) is 0.162. The highest BCUT2D eigenvalue weighted by molar-refractivity contribution is 5.67. The number of carbonyl (C=O) groups is 1. The van der Waals surface area contributed by atoms with Crippen LogP contribution in [0.25, 0.3) is 22.6 Å². The van der Waals surface area contributed by atoms with Gasteiger partial charge in [0.2, 0.25) is 0 Å². The fourth-order valence-electron chi connectivity index (χ4n) is 4.14. The average Bonchev–Trinajstić information content (AvgIpc) is 3.74. The zero-order chi connectivity index (χ0) is 33.8. The first kappa shape index (κ1) is 33.1. The second kappa shape index (κ2) is 15.9. The Bertz CT molecular complexity index is 1910. The maximum Gasteiger partial charge on any atom is 0.407 e. The number of nitrogens with zero attached hydrogens (tertiary/aromatic N) is 1. The van der Waals surface area contributed by atoms with E-state index in [-0.39, 0.29) is 12.2 Å². The number of aromatic nitrogens is 2. The number of aromatic amines is 1. The number of ether oxygens (including phenoxy) is 4. The van der Waals surface area contributed by atoms with Crippen molar-refractivity contribution in [3.63, 3.8) is 0 Å². The number of hydrogen-bond acceptors (Lipinski definition) is 9. The van der Waals surface area contributed by atoms with Gasteiger partial charge in [-0.05, 0) is 98.7 Å². The van der Waals surface area contributed by atoms with E-state index >= 15 is 0 Å². The second-order valence-corrected chi connectivity index (χ2v) is 11.3. The first-order chi connectivity index (χ1) is 23.2. The summed E-state index contributed by atoms with van der Waals surface area (Å²) in [5.41, 5.74) is 0.881. The second-order valence-electron chi connectivity index (χ2n) is 11.3. The van der Waals surface area contributed by atoms with E-state index < -0.39 is 11.7 Å². The molecule has 6 aromatic rings. The Kier molecular flexibility index (Phi) is 10.9. The summed E-state index contributed by atoms with van der Waals surface area (Å²) in [7, 11) is 0. The van der Waals surface area contributed by atoms with Gasteiger partial charge in [0.15, 0.2) is 11.5 Å². The van der Waals surface area contributed by atoms with Crippen molar-refractivity contribution < 1.29 is 32.8 Å². The van der Waals surface area contributed by atoms with Gasteiger partial charge in [-0.15, -0.1) is 0 Å². The molecule has 0 spiro atoms. The van der Waals surface area contributed by atoms with E-state index in [9.17, 15) is 9.59 Å². The zero-order valence-electron chi connectivity index (χ0n) is 26.7. The highest BCUT2D eigenvalue weighted by Crippen LogP contribution is 2.28. The van der Waals surface area contributed by atoms with Crippen LogP contribution in [0.2, 0.25) is 0 Å². The minimum atomic E-state index is -0.534. The predicted octanol–water partition coefficient (Wildman–Crippen LogP) is 8.46. The van der Waals surface area contributed by atoms with E-state index in [0.29, 0.717) is 23.9 Å². The standard InChI is InChI=1S/C22H24N2O5.C15H11NO3/c1-22(2,3)28-21(25)23-13-14-26-20-15-19(29-24-20)16-9-11-18(12-10-16)27-17-7-5-4-6-8-17;17-15-10-14(19-16-15)11-6-8-13(9-7-11)18-12-4-2-1-3-5-12/h4-12,15H,13-14H2,1-3H3,(H,23,25);1-10H,(H,16,17). The van der Waals surface area contributed by atoms with E-state index in [2.05, 4.69) is 15.6 Å². The van der Waals surface area contributed by atoms with Crippen molar-refractivity contribution in [1.29, 1.82) is 0 Å². The van der Waals surface area contributed by atoms with Gasteiger partial charge >= 0.3 is 6.09 Å². The number of nitrogens with one attached hydrogen (secondary N) is 2. The van der Waals surface area contributed by atoms with Gasteiger partial charge in [0.05, 0.1) is 12.6 Å². The molecular formula is C37H35N3O8. The molecule has 11 nitrogen and oxygen atoms in total. The molecular weight excluding hydrogens is 614 g/mol. The van der Waals surface area contributed by atoms with Gasteiger partial charge in [-0.25, -0.2) is 4.79 Å². The minimum absolute atomic E-state index is 0.245. The lowest BCUT2D eigenvalue weighted by Crippen LogP contribution is -2.34. The Morgan fingerprint density at radius 2 is 1.25 bits per heavy atom. The van der Waals surface area contributed by atoms with Gasteiger partial charge in [0, 0.05) is 17.2 Å². The molecule has 0 aliphatic carbocycles. The molecule has 6 rings (SSSR count). The Balaban J connectivity index is 0.000000204. The summed E-state index contributed by atoms with van der Waals surface area (Å²) in [6.07, 6.45) is -0.486. The van der Waals surface area contributed by atoms with Crippen LogP contribution in [-0.2, 0) is 4.74 Å². The molecule has 2 heterocycles. The lowest BCUT2D eigenvalue weighted by molar-refractivity contribution is 0.0519. The lowest BCUT2D eigenvalue weighted by atomic mass is 10.2. The monoisotopic (exact) mass is 649 g/mol. The molecule has 1 amide bonds. The molecule has 0 saturated carbocycles. The molecule has 0 unspecified atom stereocenters. The van der Waals surface area contributed by atoms with Crippen molar-refractivity contribution in [2.45, 2.75) is 26.4 Å². The molecule has 0 saturated heterocycles. The largest absolute Gasteiger partial charge is 0.474 e. The van der Waals surface area contributed by atoms with Crippen LogP contribution in [0.1, 0.15) is 20.8 Å². The third-order valence-electron chi connectivity index (χ3n) is 6.27. The number of amides is 1. The number of alkyl carbamates (subject to hydrolysis) is 1. The molecule has 0 aliphatic rings. The van der Waals surface area contributed by atoms with Gasteiger partial charge in [-0.3, -0.25) is 4.79 Å². The van der Waals surface area contributed by atoms with Crippen molar-refractivity contribution >= 4 is 6.09 Å². The molecule has 4 aromatic carbocycles. The van der Waals surface area contributed by atoms with Gasteiger partial charge in [0.1, 0.15) is 35.2 Å². The summed E-state index contributed by atoms with van der Waals surface area (Å²) in [4.78, 5) is 22.6. The maximum atomic E-state index is 11.6. The van der Waals surface area contributed by atoms with Crippen LogP contribution in [-0.4, -0.2) is 35.2 Å². The molecule has 0 atom stereocenters. The summed E-state index contributed by atoms with van der Waals surface area (Å²) in [5, 5.41) is 8.76. The van der Waals surface area contributed by atoms with E-state index in [1.807, 2.05) is 109 Å². The van der Waals surface area contributed by atoms with Gasteiger partial charge in [-0.2, -0.15) is 5.16 Å². The van der Waals surface area contributed by atoms with Crippen molar-refractivity contribution in [2.75, 3.05) is 13.2 Å². The zero-order valence-corrected chi connectivity index (χ0v) is 26.7. The smallest absolute Gasteiger partial charge is 0.407 e. The number of H-pyrrole nitrogens is 1. The molecule has 246 valence electrons. The number of carbonyl (C=O) groups excluding carboxylic acids is 1. The van der Waals surface area contributed by atoms with Crippen LogP contribution >= 0.6 is 0 Å². The number of rotatable bonds is 10. The molecule has 2 aromatic heterocycles. The summed E-state index contributed by atoms with van der Waals surface area (Å²) in [6.45, 7) is 5.96. The Hall–Kier alpha value is -6.23. The molecule has 0 radical (unpaired) electrons. The topological polar surface area (TPSA) is 138 Å². The van der Waals surface area contributed by atoms with Crippen molar-refractivity contribution in [3.8, 4) is 51.5 Å². The van der Waals surface area contributed by atoms with Crippen molar-refractivity contribution in [1.82, 2.24) is 15.6 Å². The van der Waals surface area contributed by atoms with Crippen LogP contribution in [0.15, 0.2) is 135 Å². The fourth-order valence-corrected chi connectivity index (χ4v) is 4.14. The maximum absolute atomic E-state index is 11.6. The molecule has 0 aliphatic heterocycles. The van der Waals surface area contributed by atoms with Crippen LogP contribution in [0.5, 0.6) is 28.9 Å². The molecule has 48 heavy (non-hydrogen) atoms. The molecule has 0 fully saturated rings. The van der Waals surface area contributed by atoms with Crippen LogP contribution < -0.4 is 25.1 Å². The SMILES string of the molecule is CC(C)(C)OC(=O)NCCOc1cc(-c2ccc(Oc3ccccc3)cc2)on1.O=c1cc(-c2ccc(Oc3ccccc3)cc2)o[nH]1. The van der Waals surface area contributed by atoms with E-state index in [1.54, 1.807) is 26.8 Å². The lowest BCUT2D eigenvalue weighted by Gasteiger charge is -2.19. The summed E-state index contributed by atoms with van der Waals surface area (Å²) >= 11 is 0. The van der Waals surface area contributed by atoms with Gasteiger partial charge in [0.25, 0.3) is 11.4 Å². The summed E-state index contributed by atoms with van der Waals surface area (Å²) in [5.74, 6) is 4.44. The van der Waals surface area contributed by atoms with Crippen LogP contribution in [0.3, 0.4) is 0 Å². The summed E-state index contributed by atoms with van der Waals surface area (Å²) < 4.78 is 32.4. The Morgan fingerprint density at radius 1 is 0.729 bits per heavy atom. The average molecular weight is 650 g/mol. The Labute approximate surface area is 277 Å². The third kappa shape index (κ3) is 10.4. The summed E-state index contributed by atoms with van der Waals surface area (Å²) in [6, 6.07) is 37.0. The van der Waals surface area contributed by atoms with Gasteiger partial charge < -0.3 is 33.3 Å². The Morgan fingerprint density at radius 3 is 1.75 bits per heavy atom. The highest BCUT2D eigenvalue weighted by Gasteiger charge is 2.15. The van der Waals surface area contributed by atoms with Crippen molar-refractivity contribution in [2.24, 2.45) is 0 Å². The quantitative estimate of drug-likeness (QED) is 0.140. The van der Waals surface area contributed by atoms with Crippen molar-refractivity contribution in [3.05, 3.63) is 132 Å². The first-order valence-corrected chi connectivity index (χ1v) is 15.1. The normalized spacial score (nSPS) is 10.7. The molecule has 0 bridgehead atoms. The third-order valence-corrected chi connectivity index (χ3v) is 6.27. The molecule has 2 N–H and O–H groups in total. The molecule has 11 heteroatoms. The number of hydrogen-bond donors (Lipinski definition) is 2. The number of benzene rings is 4.